The van der Waals surface area contributed by atoms with Crippen molar-refractivity contribution in [1.82, 2.24) is 10.2 Å². The fourth-order valence-electron chi connectivity index (χ4n) is 2.85. The molecule has 2 rings (SSSR count). The average Bonchev–Trinajstić information content (AvgIpc) is 2.43. The SMILES string of the molecule is CC1NC2CCC(C(N)O)CC2N1C. The van der Waals surface area contributed by atoms with Gasteiger partial charge in [0.25, 0.3) is 0 Å². The summed E-state index contributed by atoms with van der Waals surface area (Å²) >= 11 is 0. The lowest BCUT2D eigenvalue weighted by Gasteiger charge is -2.35. The number of rotatable bonds is 1. The second kappa shape index (κ2) is 3.77. The molecule has 0 bridgehead atoms. The molecule has 1 aliphatic heterocycles. The van der Waals surface area contributed by atoms with Crippen LogP contribution in [-0.2, 0) is 0 Å². The minimum Gasteiger partial charge on any atom is -0.379 e. The number of nitrogens with zero attached hydrogens (tertiary/aromatic N) is 1. The molecule has 4 heteroatoms. The van der Waals surface area contributed by atoms with E-state index >= 15 is 0 Å². The lowest BCUT2D eigenvalue weighted by atomic mass is 9.82. The molecule has 4 nitrogen and oxygen atoms in total. The van der Waals surface area contributed by atoms with Crippen LogP contribution in [0.5, 0.6) is 0 Å². The van der Waals surface area contributed by atoms with Crippen molar-refractivity contribution in [2.24, 2.45) is 11.7 Å². The highest BCUT2D eigenvalue weighted by atomic mass is 16.3. The maximum Gasteiger partial charge on any atom is 0.105 e. The van der Waals surface area contributed by atoms with E-state index in [9.17, 15) is 5.11 Å². The van der Waals surface area contributed by atoms with Gasteiger partial charge in [0.15, 0.2) is 0 Å². The van der Waals surface area contributed by atoms with Gasteiger partial charge >= 0.3 is 0 Å². The molecule has 1 aliphatic carbocycles. The summed E-state index contributed by atoms with van der Waals surface area (Å²) in [6.45, 7) is 2.19. The van der Waals surface area contributed by atoms with Crippen molar-refractivity contribution >= 4 is 0 Å². The predicted molar refractivity (Wildman–Crippen MR) is 55.5 cm³/mol. The van der Waals surface area contributed by atoms with Gasteiger partial charge in [-0.05, 0) is 39.2 Å². The van der Waals surface area contributed by atoms with Crippen molar-refractivity contribution in [2.45, 2.75) is 50.7 Å². The molecule has 1 saturated carbocycles. The van der Waals surface area contributed by atoms with E-state index in [-0.39, 0.29) is 5.92 Å². The van der Waals surface area contributed by atoms with Crippen molar-refractivity contribution in [2.75, 3.05) is 7.05 Å². The highest BCUT2D eigenvalue weighted by molar-refractivity contribution is 4.97. The van der Waals surface area contributed by atoms with Crippen LogP contribution < -0.4 is 11.1 Å². The van der Waals surface area contributed by atoms with E-state index < -0.39 is 6.23 Å². The van der Waals surface area contributed by atoms with Crippen LogP contribution in [0.3, 0.4) is 0 Å². The average molecular weight is 199 g/mol. The first-order valence-corrected chi connectivity index (χ1v) is 5.51. The number of aliphatic hydroxyl groups is 1. The highest BCUT2D eigenvalue weighted by Gasteiger charge is 2.41. The topological polar surface area (TPSA) is 61.5 Å². The summed E-state index contributed by atoms with van der Waals surface area (Å²) in [5, 5.41) is 13.0. The molecule has 2 aliphatic rings. The zero-order chi connectivity index (χ0) is 10.3. The van der Waals surface area contributed by atoms with Gasteiger partial charge in [-0.3, -0.25) is 10.2 Å². The van der Waals surface area contributed by atoms with Crippen LogP contribution in [0.15, 0.2) is 0 Å². The van der Waals surface area contributed by atoms with E-state index in [4.69, 9.17) is 5.73 Å². The standard InChI is InChI=1S/C10H21N3O/c1-6-12-8-4-3-7(10(11)14)5-9(8)13(6)2/h6-10,12,14H,3-5,11H2,1-2H3. The molecule has 4 N–H and O–H groups in total. The predicted octanol–water partition coefficient (Wildman–Crippen LogP) is -0.318. The number of nitrogens with one attached hydrogen (secondary N) is 1. The zero-order valence-electron chi connectivity index (χ0n) is 8.98. The van der Waals surface area contributed by atoms with Crippen LogP contribution in [0.4, 0.5) is 0 Å². The van der Waals surface area contributed by atoms with Gasteiger partial charge in [0.1, 0.15) is 6.23 Å². The molecule has 1 heterocycles. The Morgan fingerprint density at radius 1 is 1.50 bits per heavy atom. The van der Waals surface area contributed by atoms with Crippen LogP contribution in [-0.4, -0.2) is 41.5 Å². The number of aliphatic hydroxyl groups excluding tert-OH is 1. The van der Waals surface area contributed by atoms with Crippen LogP contribution in [0, 0.1) is 5.92 Å². The Morgan fingerprint density at radius 3 is 2.86 bits per heavy atom. The lowest BCUT2D eigenvalue weighted by Crippen LogP contribution is -2.45. The van der Waals surface area contributed by atoms with Crippen LogP contribution in [0.25, 0.3) is 0 Å². The molecule has 5 atom stereocenters. The van der Waals surface area contributed by atoms with Gasteiger partial charge in [-0.15, -0.1) is 0 Å². The summed E-state index contributed by atoms with van der Waals surface area (Å²) in [5.74, 6) is 0.283. The molecular formula is C10H21N3O. The molecular weight excluding hydrogens is 178 g/mol. The maximum atomic E-state index is 9.39. The molecule has 82 valence electrons. The minimum atomic E-state index is -0.639. The molecule has 0 aromatic rings. The van der Waals surface area contributed by atoms with E-state index in [2.05, 4.69) is 24.2 Å². The van der Waals surface area contributed by atoms with Crippen LogP contribution >= 0.6 is 0 Å². The van der Waals surface area contributed by atoms with Gasteiger partial charge in [0, 0.05) is 12.1 Å². The molecule has 0 radical (unpaired) electrons. The van der Waals surface area contributed by atoms with E-state index in [1.807, 2.05) is 0 Å². The van der Waals surface area contributed by atoms with E-state index in [0.717, 1.165) is 19.3 Å². The first kappa shape index (κ1) is 10.4. The Balaban J connectivity index is 2.01. The Kier molecular flexibility index (Phi) is 2.79. The third kappa shape index (κ3) is 1.67. The van der Waals surface area contributed by atoms with Gasteiger partial charge in [-0.25, -0.2) is 0 Å². The quantitative estimate of drug-likeness (QED) is 0.507. The molecule has 5 unspecified atom stereocenters. The molecule has 0 amide bonds. The van der Waals surface area contributed by atoms with Gasteiger partial charge in [0.2, 0.25) is 0 Å². The largest absolute Gasteiger partial charge is 0.379 e. The lowest BCUT2D eigenvalue weighted by molar-refractivity contribution is 0.0633. The fraction of sp³-hybridized carbons (Fsp3) is 1.00. The van der Waals surface area contributed by atoms with Gasteiger partial charge in [-0.2, -0.15) is 0 Å². The van der Waals surface area contributed by atoms with E-state index in [1.165, 1.54) is 0 Å². The first-order chi connectivity index (χ1) is 6.59. The van der Waals surface area contributed by atoms with E-state index in [0.29, 0.717) is 18.2 Å². The van der Waals surface area contributed by atoms with Gasteiger partial charge in [0.05, 0.1) is 6.17 Å². The molecule has 0 spiro atoms. The smallest absolute Gasteiger partial charge is 0.105 e. The van der Waals surface area contributed by atoms with Crippen molar-refractivity contribution in [3.63, 3.8) is 0 Å². The number of nitrogens with two attached hydrogens (primary N) is 1. The summed E-state index contributed by atoms with van der Waals surface area (Å²) in [5.41, 5.74) is 5.55. The molecule has 14 heavy (non-hydrogen) atoms. The van der Waals surface area contributed by atoms with Crippen molar-refractivity contribution in [3.05, 3.63) is 0 Å². The summed E-state index contributed by atoms with van der Waals surface area (Å²) in [7, 11) is 2.15. The Morgan fingerprint density at radius 2 is 2.21 bits per heavy atom. The maximum absolute atomic E-state index is 9.39. The number of fused-ring (bicyclic) bond motifs is 1. The molecule has 1 saturated heterocycles. The second-order valence-corrected chi connectivity index (χ2v) is 4.75. The normalized spacial score (nSPS) is 46.3. The fourth-order valence-corrected chi connectivity index (χ4v) is 2.85. The summed E-state index contributed by atoms with van der Waals surface area (Å²) in [6, 6.07) is 1.16. The highest BCUT2D eigenvalue weighted by Crippen LogP contribution is 2.32. The van der Waals surface area contributed by atoms with Gasteiger partial charge in [-0.1, -0.05) is 0 Å². The minimum absolute atomic E-state index is 0.283. The van der Waals surface area contributed by atoms with Crippen molar-refractivity contribution < 1.29 is 5.11 Å². The second-order valence-electron chi connectivity index (χ2n) is 4.75. The summed E-state index contributed by atoms with van der Waals surface area (Å²) in [4.78, 5) is 2.36. The zero-order valence-corrected chi connectivity index (χ0v) is 8.98. The van der Waals surface area contributed by atoms with Gasteiger partial charge < -0.3 is 10.8 Å². The molecule has 2 fully saturated rings. The van der Waals surface area contributed by atoms with Crippen molar-refractivity contribution in [1.29, 1.82) is 0 Å². The molecule has 0 aromatic heterocycles. The monoisotopic (exact) mass is 199 g/mol. The third-order valence-corrected chi connectivity index (χ3v) is 3.93. The number of hydrogen-bond donors (Lipinski definition) is 3. The Bertz CT molecular complexity index is 210. The first-order valence-electron chi connectivity index (χ1n) is 5.51. The van der Waals surface area contributed by atoms with Crippen molar-refractivity contribution in [3.8, 4) is 0 Å². The van der Waals surface area contributed by atoms with Crippen LogP contribution in [0.1, 0.15) is 26.2 Å². The van der Waals surface area contributed by atoms with E-state index in [1.54, 1.807) is 0 Å². The third-order valence-electron chi connectivity index (χ3n) is 3.93. The number of hydrogen-bond acceptors (Lipinski definition) is 4. The Labute approximate surface area is 85.5 Å². The number of likely N-dealkylation sites (N-methyl/N-ethyl adjacent to an activating group) is 1. The summed E-state index contributed by atoms with van der Waals surface area (Å²) < 4.78 is 0. The molecule has 0 aromatic carbocycles. The van der Waals surface area contributed by atoms with Crippen LogP contribution in [0.2, 0.25) is 0 Å². The summed E-state index contributed by atoms with van der Waals surface area (Å²) in [6.07, 6.45) is 3.03. The Hall–Kier alpha value is -0.160.